The van der Waals surface area contributed by atoms with Gasteiger partial charge in [0.1, 0.15) is 23.9 Å². The highest BCUT2D eigenvalue weighted by Gasteiger charge is 2.54. The molecule has 2 fully saturated rings. The Labute approximate surface area is 241 Å². The van der Waals surface area contributed by atoms with E-state index < -0.39 is 41.9 Å². The number of carboxylic acids is 1. The first-order valence-corrected chi connectivity index (χ1v) is 13.9. The summed E-state index contributed by atoms with van der Waals surface area (Å²) in [6.07, 6.45) is 1.23. The maximum absolute atomic E-state index is 14.3. The Morgan fingerprint density at radius 3 is 2.60 bits per heavy atom. The number of methoxy groups -OCH3 is 1. The number of para-hydroxylation sites is 2. The number of benzene rings is 3. The third-order valence-electron chi connectivity index (χ3n) is 8.63. The lowest BCUT2D eigenvalue weighted by Crippen LogP contribution is -2.44. The number of nitrogens with one attached hydrogen (secondary N) is 1. The molecule has 0 radical (unpaired) electrons. The van der Waals surface area contributed by atoms with Crippen LogP contribution in [0.4, 0.5) is 10.5 Å². The van der Waals surface area contributed by atoms with Crippen LogP contribution in [0.2, 0.25) is 0 Å². The Bertz CT molecular complexity index is 1780. The number of aromatic nitrogens is 1. The molecule has 2 N–H and O–H groups in total. The predicted molar refractivity (Wildman–Crippen MR) is 153 cm³/mol. The molecule has 10 nitrogen and oxygen atoms in total. The second-order valence-corrected chi connectivity index (χ2v) is 10.8. The molecule has 1 aromatic heterocycles. The highest BCUT2D eigenvalue weighted by molar-refractivity contribution is 6.24. The molecule has 0 bridgehead atoms. The van der Waals surface area contributed by atoms with Crippen LogP contribution < -0.4 is 9.64 Å². The summed E-state index contributed by atoms with van der Waals surface area (Å²) in [4.78, 5) is 61.6. The summed E-state index contributed by atoms with van der Waals surface area (Å²) in [5.74, 6) is -1.39. The molecule has 7 rings (SSSR count). The fraction of sp³-hybridized carbons (Fsp3) is 0.250. The summed E-state index contributed by atoms with van der Waals surface area (Å²) < 4.78 is 5.48. The number of urea groups is 1. The number of aliphatic carboxylic acids is 1. The molecule has 4 amide bonds. The fourth-order valence-electron chi connectivity index (χ4n) is 6.73. The van der Waals surface area contributed by atoms with Gasteiger partial charge >= 0.3 is 12.0 Å². The van der Waals surface area contributed by atoms with E-state index in [-0.39, 0.29) is 11.3 Å². The van der Waals surface area contributed by atoms with E-state index in [0.717, 1.165) is 32.6 Å². The van der Waals surface area contributed by atoms with Crippen molar-refractivity contribution >= 4 is 40.4 Å². The van der Waals surface area contributed by atoms with Crippen molar-refractivity contribution in [2.45, 2.75) is 37.4 Å². The van der Waals surface area contributed by atoms with Gasteiger partial charge in [0.25, 0.3) is 11.8 Å². The van der Waals surface area contributed by atoms with E-state index in [1.807, 2.05) is 48.5 Å². The number of aromatic amines is 1. The van der Waals surface area contributed by atoms with E-state index in [0.29, 0.717) is 31.6 Å². The maximum Gasteiger partial charge on any atom is 0.332 e. The van der Waals surface area contributed by atoms with E-state index >= 15 is 0 Å². The lowest BCUT2D eigenvalue weighted by Gasteiger charge is -2.36. The first-order valence-electron chi connectivity index (χ1n) is 13.9. The molecular weight excluding hydrogens is 536 g/mol. The molecule has 10 heteroatoms. The number of nitrogens with zero attached hydrogens (tertiary/aromatic N) is 3. The topological polar surface area (TPSA) is 123 Å². The molecule has 2 unspecified atom stereocenters. The van der Waals surface area contributed by atoms with E-state index in [4.69, 9.17) is 4.74 Å². The number of carbonyl (C=O) groups excluding carboxylic acids is 3. The predicted octanol–water partition coefficient (Wildman–Crippen LogP) is 4.35. The van der Waals surface area contributed by atoms with E-state index in [2.05, 4.69) is 4.98 Å². The van der Waals surface area contributed by atoms with Crippen molar-refractivity contribution in [2.75, 3.05) is 18.6 Å². The number of imide groups is 1. The minimum Gasteiger partial charge on any atom is -0.497 e. The highest BCUT2D eigenvalue weighted by atomic mass is 16.5. The van der Waals surface area contributed by atoms with Crippen molar-refractivity contribution < 1.29 is 29.0 Å². The lowest BCUT2D eigenvalue weighted by atomic mass is 9.89. The number of carbonyl (C=O) groups is 4. The number of hydrogen-bond donors (Lipinski definition) is 2. The van der Waals surface area contributed by atoms with Gasteiger partial charge in [0.05, 0.1) is 18.4 Å². The van der Waals surface area contributed by atoms with Gasteiger partial charge in [-0.05, 0) is 54.3 Å². The average Bonchev–Trinajstić information content (AvgIpc) is 3.71. The van der Waals surface area contributed by atoms with Gasteiger partial charge in [-0.2, -0.15) is 0 Å². The molecule has 42 heavy (non-hydrogen) atoms. The van der Waals surface area contributed by atoms with Crippen LogP contribution in [0.3, 0.4) is 0 Å². The molecule has 3 aliphatic heterocycles. The van der Waals surface area contributed by atoms with Crippen molar-refractivity contribution in [1.82, 2.24) is 14.8 Å². The van der Waals surface area contributed by atoms with Crippen LogP contribution in [0, 0.1) is 0 Å². The minimum absolute atomic E-state index is 0.120. The minimum atomic E-state index is -1.07. The standard InChI is InChI=1S/C32H28N4O6/c1-42-19-9-6-8-18(16-19)28-27-22(20-10-2-4-12-23(20)33-27)17-26-30(38)36(32(41)35(26)28)24-13-5-3-11-21(24)29(37)34-15-7-14-25(34)31(39)40/h2-6,8-13,16,25-26,28,33H,7,14-15,17H2,1H3,(H,39,40)/t25?,26-,28?/m0/s1. The average molecular weight is 565 g/mol. The van der Waals surface area contributed by atoms with Gasteiger partial charge in [-0.1, -0.05) is 42.5 Å². The second-order valence-electron chi connectivity index (χ2n) is 10.8. The van der Waals surface area contributed by atoms with E-state index in [1.54, 1.807) is 36.3 Å². The number of carboxylic acid groups (broad SMARTS) is 1. The van der Waals surface area contributed by atoms with Gasteiger partial charge in [-0.25, -0.2) is 14.5 Å². The Morgan fingerprint density at radius 1 is 1.00 bits per heavy atom. The maximum atomic E-state index is 14.3. The van der Waals surface area contributed by atoms with Crippen LogP contribution in [-0.4, -0.2) is 69.4 Å². The number of ether oxygens (including phenoxy) is 1. The number of anilines is 1. The summed E-state index contributed by atoms with van der Waals surface area (Å²) in [5, 5.41) is 10.7. The number of hydrogen-bond acceptors (Lipinski definition) is 5. The summed E-state index contributed by atoms with van der Waals surface area (Å²) in [6.45, 7) is 0.292. The Morgan fingerprint density at radius 2 is 1.79 bits per heavy atom. The number of H-pyrrole nitrogens is 1. The number of likely N-dealkylation sites (tertiary alicyclic amines) is 1. The quantitative estimate of drug-likeness (QED) is 0.348. The molecule has 212 valence electrons. The molecule has 4 heterocycles. The fourth-order valence-corrected chi connectivity index (χ4v) is 6.73. The van der Waals surface area contributed by atoms with E-state index in [1.165, 1.54) is 4.90 Å². The van der Waals surface area contributed by atoms with Gasteiger partial charge in [0, 0.05) is 29.6 Å². The van der Waals surface area contributed by atoms with Crippen molar-refractivity contribution in [3.63, 3.8) is 0 Å². The monoisotopic (exact) mass is 564 g/mol. The Balaban J connectivity index is 1.34. The van der Waals surface area contributed by atoms with Crippen LogP contribution in [0.15, 0.2) is 72.8 Å². The Hall–Kier alpha value is -5.12. The third-order valence-corrected chi connectivity index (χ3v) is 8.63. The number of rotatable bonds is 5. The normalized spacial score (nSPS) is 21.5. The SMILES string of the molecule is COc1cccc(C2c3[nH]c4ccccc4c3C[C@H]3C(=O)N(c4ccccc4C(=O)N4CCCC4C(=O)O)C(=O)N23)c1. The van der Waals surface area contributed by atoms with Crippen molar-refractivity contribution in [2.24, 2.45) is 0 Å². The van der Waals surface area contributed by atoms with Gasteiger partial charge in [-0.15, -0.1) is 0 Å². The molecule has 3 aliphatic rings. The van der Waals surface area contributed by atoms with Gasteiger partial charge in [0.15, 0.2) is 0 Å². The van der Waals surface area contributed by atoms with Crippen molar-refractivity contribution in [3.05, 3.63) is 95.2 Å². The van der Waals surface area contributed by atoms with Crippen molar-refractivity contribution in [1.29, 1.82) is 0 Å². The van der Waals surface area contributed by atoms with Crippen LogP contribution in [-0.2, 0) is 16.0 Å². The first kappa shape index (κ1) is 25.8. The van der Waals surface area contributed by atoms with Crippen LogP contribution in [0.5, 0.6) is 5.75 Å². The molecule has 4 aromatic rings. The summed E-state index contributed by atoms with van der Waals surface area (Å²) in [5.41, 5.74) is 3.77. The van der Waals surface area contributed by atoms with Crippen molar-refractivity contribution in [3.8, 4) is 5.75 Å². The van der Waals surface area contributed by atoms with Gasteiger partial charge in [-0.3, -0.25) is 14.5 Å². The van der Waals surface area contributed by atoms with Crippen LogP contribution >= 0.6 is 0 Å². The largest absolute Gasteiger partial charge is 0.497 e. The first-order chi connectivity index (χ1) is 20.4. The molecule has 0 aliphatic carbocycles. The zero-order valence-electron chi connectivity index (χ0n) is 22.8. The molecule has 2 saturated heterocycles. The van der Waals surface area contributed by atoms with Gasteiger partial charge in [0.2, 0.25) is 0 Å². The lowest BCUT2D eigenvalue weighted by molar-refractivity contribution is -0.141. The summed E-state index contributed by atoms with van der Waals surface area (Å²) in [7, 11) is 1.58. The molecule has 3 aromatic carbocycles. The van der Waals surface area contributed by atoms with Crippen LogP contribution in [0.1, 0.15) is 46.1 Å². The summed E-state index contributed by atoms with van der Waals surface area (Å²) in [6, 6.07) is 18.8. The zero-order valence-corrected chi connectivity index (χ0v) is 22.8. The third kappa shape index (κ3) is 3.78. The molecule has 0 saturated carbocycles. The smallest absolute Gasteiger partial charge is 0.332 e. The highest BCUT2D eigenvalue weighted by Crippen LogP contribution is 2.45. The molecule has 3 atom stereocenters. The van der Waals surface area contributed by atoms with Gasteiger partial charge < -0.3 is 19.7 Å². The number of fused-ring (bicyclic) bond motifs is 4. The van der Waals surface area contributed by atoms with Crippen LogP contribution in [0.25, 0.3) is 10.9 Å². The zero-order chi connectivity index (χ0) is 29.1. The van der Waals surface area contributed by atoms with E-state index in [9.17, 15) is 24.3 Å². The molecule has 0 spiro atoms. The molecular formula is C32H28N4O6. The Kier molecular flexibility index (Phi) is 6.00. The number of amides is 4. The summed E-state index contributed by atoms with van der Waals surface area (Å²) >= 11 is 0. The second kappa shape index (κ2) is 9.76.